The van der Waals surface area contributed by atoms with Crippen molar-refractivity contribution in [3.63, 3.8) is 0 Å². The van der Waals surface area contributed by atoms with Crippen molar-refractivity contribution < 1.29 is 18.3 Å². The molecule has 1 unspecified atom stereocenters. The monoisotopic (exact) mass is 298 g/mol. The molecule has 116 valence electrons. The average molecular weight is 298 g/mol. The summed E-state index contributed by atoms with van der Waals surface area (Å²) in [5, 5.41) is 6.05. The van der Waals surface area contributed by atoms with Crippen LogP contribution < -0.4 is 15.4 Å². The van der Waals surface area contributed by atoms with Gasteiger partial charge in [0, 0.05) is 11.7 Å². The normalized spacial score (nSPS) is 16.8. The van der Waals surface area contributed by atoms with Crippen LogP contribution in [0.15, 0.2) is 24.3 Å². The number of hydrogen-bond acceptors (Lipinski definition) is 3. The second kappa shape index (κ2) is 7.24. The van der Waals surface area contributed by atoms with E-state index < -0.39 is 6.61 Å². The Bertz CT molecular complexity index is 459. The van der Waals surface area contributed by atoms with Gasteiger partial charge in [-0.3, -0.25) is 4.79 Å². The zero-order chi connectivity index (χ0) is 15.2. The first-order chi connectivity index (χ1) is 10.0. The lowest BCUT2D eigenvalue weighted by molar-refractivity contribution is -0.122. The van der Waals surface area contributed by atoms with Crippen molar-refractivity contribution in [2.45, 2.75) is 51.3 Å². The third kappa shape index (κ3) is 4.88. The van der Waals surface area contributed by atoms with E-state index in [1.807, 2.05) is 0 Å². The van der Waals surface area contributed by atoms with E-state index in [0.29, 0.717) is 5.69 Å². The van der Waals surface area contributed by atoms with Crippen LogP contribution in [0.1, 0.15) is 32.6 Å². The van der Waals surface area contributed by atoms with Gasteiger partial charge in [-0.2, -0.15) is 8.78 Å². The molecule has 1 amide bonds. The molecular weight excluding hydrogens is 278 g/mol. The number of nitrogens with one attached hydrogen (secondary N) is 2. The van der Waals surface area contributed by atoms with E-state index in [1.54, 1.807) is 19.1 Å². The smallest absolute Gasteiger partial charge is 0.387 e. The summed E-state index contributed by atoms with van der Waals surface area (Å²) in [7, 11) is 0. The molecule has 0 saturated heterocycles. The van der Waals surface area contributed by atoms with Gasteiger partial charge in [0.2, 0.25) is 5.91 Å². The minimum atomic E-state index is -2.83. The summed E-state index contributed by atoms with van der Waals surface area (Å²) < 4.78 is 28.3. The predicted octanol–water partition coefficient (Wildman–Crippen LogP) is 3.15. The Hall–Kier alpha value is -1.85. The molecule has 1 aromatic rings. The predicted molar refractivity (Wildman–Crippen MR) is 76.6 cm³/mol. The minimum Gasteiger partial charge on any atom is -0.435 e. The first-order valence-electron chi connectivity index (χ1n) is 7.16. The summed E-state index contributed by atoms with van der Waals surface area (Å²) in [6.45, 7) is -1.06. The molecule has 0 aliphatic heterocycles. The molecule has 2 N–H and O–H groups in total. The number of rotatable bonds is 6. The number of carbonyl (C=O) groups is 1. The van der Waals surface area contributed by atoms with Gasteiger partial charge in [0.05, 0.1) is 0 Å². The van der Waals surface area contributed by atoms with Crippen LogP contribution in [0, 0.1) is 0 Å². The zero-order valence-electron chi connectivity index (χ0n) is 11.9. The summed E-state index contributed by atoms with van der Waals surface area (Å²) in [6.07, 6.45) is 4.41. The van der Waals surface area contributed by atoms with E-state index in [-0.39, 0.29) is 23.7 Å². The Labute approximate surface area is 122 Å². The molecule has 4 nitrogen and oxygen atoms in total. The van der Waals surface area contributed by atoms with Gasteiger partial charge in [-0.25, -0.2) is 0 Å². The van der Waals surface area contributed by atoms with Gasteiger partial charge in [0.15, 0.2) is 0 Å². The molecule has 0 bridgehead atoms. The summed E-state index contributed by atoms with van der Waals surface area (Å²) in [4.78, 5) is 12.0. The highest BCUT2D eigenvalue weighted by molar-refractivity contribution is 5.84. The van der Waals surface area contributed by atoms with Gasteiger partial charge in [-0.05, 0) is 44.0 Å². The Morgan fingerprint density at radius 1 is 1.24 bits per heavy atom. The largest absolute Gasteiger partial charge is 0.435 e. The van der Waals surface area contributed by atoms with Crippen LogP contribution in [0.25, 0.3) is 0 Å². The SMILES string of the molecule is CC(Nc1ccc(OC(F)F)cc1)C(=O)NC1CCCC1. The third-order valence-electron chi connectivity index (χ3n) is 3.56. The topological polar surface area (TPSA) is 50.4 Å². The lowest BCUT2D eigenvalue weighted by atomic mass is 10.2. The maximum absolute atomic E-state index is 12.0. The second-order valence-electron chi connectivity index (χ2n) is 5.26. The molecule has 0 radical (unpaired) electrons. The van der Waals surface area contributed by atoms with Gasteiger partial charge >= 0.3 is 6.61 Å². The van der Waals surface area contributed by atoms with Crippen LogP contribution in [0.3, 0.4) is 0 Å². The highest BCUT2D eigenvalue weighted by Gasteiger charge is 2.20. The number of amides is 1. The van der Waals surface area contributed by atoms with Crippen molar-refractivity contribution in [3.05, 3.63) is 24.3 Å². The fourth-order valence-corrected chi connectivity index (χ4v) is 2.44. The van der Waals surface area contributed by atoms with Gasteiger partial charge in [-0.1, -0.05) is 12.8 Å². The number of alkyl halides is 2. The molecular formula is C15H20F2N2O2. The molecule has 1 atom stereocenters. The van der Waals surface area contributed by atoms with Crippen LogP contribution in [-0.2, 0) is 4.79 Å². The van der Waals surface area contributed by atoms with Crippen molar-refractivity contribution in [1.29, 1.82) is 0 Å². The lowest BCUT2D eigenvalue weighted by Crippen LogP contribution is -2.42. The molecule has 1 fully saturated rings. The fraction of sp³-hybridized carbons (Fsp3) is 0.533. The molecule has 21 heavy (non-hydrogen) atoms. The molecule has 0 aromatic heterocycles. The molecule has 2 rings (SSSR count). The average Bonchev–Trinajstić information content (AvgIpc) is 2.93. The quantitative estimate of drug-likeness (QED) is 0.848. The van der Waals surface area contributed by atoms with E-state index >= 15 is 0 Å². The van der Waals surface area contributed by atoms with Gasteiger partial charge in [-0.15, -0.1) is 0 Å². The van der Waals surface area contributed by atoms with Crippen LogP contribution >= 0.6 is 0 Å². The fourth-order valence-electron chi connectivity index (χ4n) is 2.44. The highest BCUT2D eigenvalue weighted by Crippen LogP contribution is 2.19. The molecule has 1 aromatic carbocycles. The standard InChI is InChI=1S/C15H20F2N2O2/c1-10(14(20)19-11-4-2-3-5-11)18-12-6-8-13(9-7-12)21-15(16)17/h6-11,15,18H,2-5H2,1H3,(H,19,20). The second-order valence-corrected chi connectivity index (χ2v) is 5.26. The van der Waals surface area contributed by atoms with Crippen molar-refractivity contribution >= 4 is 11.6 Å². The molecule has 0 spiro atoms. The summed E-state index contributed by atoms with van der Waals surface area (Å²) >= 11 is 0. The van der Waals surface area contributed by atoms with Crippen LogP contribution in [0.2, 0.25) is 0 Å². The highest BCUT2D eigenvalue weighted by atomic mass is 19.3. The summed E-state index contributed by atoms with van der Waals surface area (Å²) in [6, 6.07) is 6.00. The Balaban J connectivity index is 1.83. The number of ether oxygens (including phenoxy) is 1. The van der Waals surface area contributed by atoms with Crippen molar-refractivity contribution in [2.24, 2.45) is 0 Å². The van der Waals surface area contributed by atoms with E-state index in [2.05, 4.69) is 15.4 Å². The van der Waals surface area contributed by atoms with Crippen molar-refractivity contribution in [3.8, 4) is 5.75 Å². The molecule has 0 heterocycles. The van der Waals surface area contributed by atoms with E-state index in [9.17, 15) is 13.6 Å². The lowest BCUT2D eigenvalue weighted by Gasteiger charge is -2.18. The van der Waals surface area contributed by atoms with E-state index in [4.69, 9.17) is 0 Å². The maximum atomic E-state index is 12.0. The first-order valence-corrected chi connectivity index (χ1v) is 7.16. The minimum absolute atomic E-state index is 0.0465. The van der Waals surface area contributed by atoms with Crippen molar-refractivity contribution in [2.75, 3.05) is 5.32 Å². The van der Waals surface area contributed by atoms with Crippen LogP contribution in [0.5, 0.6) is 5.75 Å². The van der Waals surface area contributed by atoms with Crippen molar-refractivity contribution in [1.82, 2.24) is 5.32 Å². The molecule has 6 heteroatoms. The Kier molecular flexibility index (Phi) is 5.36. The third-order valence-corrected chi connectivity index (χ3v) is 3.56. The first kappa shape index (κ1) is 15.5. The molecule has 1 aliphatic carbocycles. The maximum Gasteiger partial charge on any atom is 0.387 e. The number of benzene rings is 1. The summed E-state index contributed by atoms with van der Waals surface area (Å²) in [5.41, 5.74) is 0.686. The number of hydrogen-bond donors (Lipinski definition) is 2. The zero-order valence-corrected chi connectivity index (χ0v) is 11.9. The number of carbonyl (C=O) groups excluding carboxylic acids is 1. The van der Waals surface area contributed by atoms with Crippen LogP contribution in [0.4, 0.5) is 14.5 Å². The van der Waals surface area contributed by atoms with Gasteiger partial charge in [0.25, 0.3) is 0 Å². The number of halogens is 2. The molecule has 1 aliphatic rings. The summed E-state index contributed by atoms with van der Waals surface area (Å²) in [5.74, 6) is 0.0495. The Morgan fingerprint density at radius 3 is 2.43 bits per heavy atom. The number of anilines is 1. The molecule has 1 saturated carbocycles. The van der Waals surface area contributed by atoms with Gasteiger partial charge < -0.3 is 15.4 Å². The Morgan fingerprint density at radius 2 is 1.86 bits per heavy atom. The van der Waals surface area contributed by atoms with Gasteiger partial charge in [0.1, 0.15) is 11.8 Å². The van der Waals surface area contributed by atoms with E-state index in [0.717, 1.165) is 12.8 Å². The van der Waals surface area contributed by atoms with E-state index in [1.165, 1.54) is 25.0 Å². The van der Waals surface area contributed by atoms with Crippen LogP contribution in [-0.4, -0.2) is 24.6 Å².